The zero-order valence-electron chi connectivity index (χ0n) is 18.3. The third kappa shape index (κ3) is 5.82. The first kappa shape index (κ1) is 23.5. The largest absolute Gasteiger partial charge is 0.411 e. The van der Waals surface area contributed by atoms with E-state index >= 15 is 0 Å². The number of rotatable bonds is 8. The number of hydrogen-bond acceptors (Lipinski definition) is 7. The summed E-state index contributed by atoms with van der Waals surface area (Å²) in [6, 6.07) is 15.7. The first-order valence-corrected chi connectivity index (χ1v) is 13.3. The van der Waals surface area contributed by atoms with Crippen LogP contribution in [-0.2, 0) is 14.8 Å². The summed E-state index contributed by atoms with van der Waals surface area (Å²) in [5.74, 6) is 0.226. The molecule has 1 saturated carbocycles. The molecule has 0 atom stereocenters. The number of benzene rings is 2. The van der Waals surface area contributed by atoms with Crippen molar-refractivity contribution >= 4 is 33.4 Å². The summed E-state index contributed by atoms with van der Waals surface area (Å²) in [5.41, 5.74) is 1.33. The van der Waals surface area contributed by atoms with E-state index in [1.54, 1.807) is 19.2 Å². The predicted molar refractivity (Wildman–Crippen MR) is 127 cm³/mol. The van der Waals surface area contributed by atoms with Gasteiger partial charge in [-0.2, -0.15) is 4.31 Å². The molecule has 0 spiro atoms. The maximum Gasteiger partial charge on any atom is 0.277 e. The van der Waals surface area contributed by atoms with Gasteiger partial charge in [0.25, 0.3) is 5.22 Å². The molecule has 1 aliphatic rings. The third-order valence-corrected chi connectivity index (χ3v) is 8.40. The van der Waals surface area contributed by atoms with Crippen molar-refractivity contribution in [2.45, 2.75) is 48.3 Å². The van der Waals surface area contributed by atoms with Gasteiger partial charge in [0.1, 0.15) is 0 Å². The second-order valence-corrected chi connectivity index (χ2v) is 10.8. The molecule has 2 aromatic carbocycles. The van der Waals surface area contributed by atoms with Crippen molar-refractivity contribution in [3.63, 3.8) is 0 Å². The second kappa shape index (κ2) is 10.5. The summed E-state index contributed by atoms with van der Waals surface area (Å²) < 4.78 is 33.0. The lowest BCUT2D eigenvalue weighted by Crippen LogP contribution is -2.38. The Kier molecular flexibility index (Phi) is 7.46. The van der Waals surface area contributed by atoms with E-state index < -0.39 is 10.0 Å². The maximum absolute atomic E-state index is 12.9. The fourth-order valence-electron chi connectivity index (χ4n) is 3.81. The number of aromatic nitrogens is 2. The molecule has 174 valence electrons. The summed E-state index contributed by atoms with van der Waals surface area (Å²) in [5, 5.41) is 11.0. The minimum absolute atomic E-state index is 0.0484. The highest BCUT2D eigenvalue weighted by Crippen LogP contribution is 2.27. The lowest BCUT2D eigenvalue weighted by atomic mass is 9.96. The monoisotopic (exact) mass is 486 g/mol. The van der Waals surface area contributed by atoms with Crippen LogP contribution in [0.5, 0.6) is 0 Å². The lowest BCUT2D eigenvalue weighted by molar-refractivity contribution is -0.113. The van der Waals surface area contributed by atoms with E-state index in [2.05, 4.69) is 15.5 Å². The van der Waals surface area contributed by atoms with Crippen molar-refractivity contribution in [1.82, 2.24) is 14.5 Å². The van der Waals surface area contributed by atoms with Crippen LogP contribution in [-0.4, -0.2) is 47.7 Å². The van der Waals surface area contributed by atoms with Crippen molar-refractivity contribution < 1.29 is 17.6 Å². The van der Waals surface area contributed by atoms with Gasteiger partial charge < -0.3 is 9.73 Å². The van der Waals surface area contributed by atoms with Crippen LogP contribution < -0.4 is 5.32 Å². The quantitative estimate of drug-likeness (QED) is 0.470. The molecule has 0 unspecified atom stereocenters. The molecule has 1 aliphatic carbocycles. The Balaban J connectivity index is 1.31. The highest BCUT2D eigenvalue weighted by atomic mass is 32.2. The highest BCUT2D eigenvalue weighted by molar-refractivity contribution is 7.99. The van der Waals surface area contributed by atoms with Crippen LogP contribution >= 0.6 is 11.8 Å². The molecule has 33 heavy (non-hydrogen) atoms. The van der Waals surface area contributed by atoms with Crippen molar-refractivity contribution in [1.29, 1.82) is 0 Å². The fraction of sp³-hybridized carbons (Fsp3) is 0.348. The van der Waals surface area contributed by atoms with E-state index in [4.69, 9.17) is 4.42 Å². The molecule has 1 heterocycles. The number of anilines is 1. The molecule has 1 aromatic heterocycles. The van der Waals surface area contributed by atoms with Crippen LogP contribution in [0.2, 0.25) is 0 Å². The first-order chi connectivity index (χ1) is 15.9. The number of carbonyl (C=O) groups excluding carboxylic acids is 1. The van der Waals surface area contributed by atoms with Gasteiger partial charge in [0.15, 0.2) is 0 Å². The van der Waals surface area contributed by atoms with Gasteiger partial charge in [-0.1, -0.05) is 49.2 Å². The second-order valence-electron chi connectivity index (χ2n) is 7.91. The average Bonchev–Trinajstić information content (AvgIpc) is 3.33. The SMILES string of the molecule is CN(C1CCCCC1)S(=O)(=O)c1ccc(NC(=O)CSc2nnc(-c3ccccc3)o2)cc1. The van der Waals surface area contributed by atoms with Crippen LogP contribution in [0.4, 0.5) is 5.69 Å². The lowest BCUT2D eigenvalue weighted by Gasteiger charge is -2.30. The van der Waals surface area contributed by atoms with Gasteiger partial charge in [-0.25, -0.2) is 8.42 Å². The van der Waals surface area contributed by atoms with Gasteiger partial charge in [0.2, 0.25) is 21.8 Å². The molecule has 1 N–H and O–H groups in total. The number of sulfonamides is 1. The smallest absolute Gasteiger partial charge is 0.277 e. The summed E-state index contributed by atoms with van der Waals surface area (Å²) in [6.07, 6.45) is 5.08. The van der Waals surface area contributed by atoms with Gasteiger partial charge >= 0.3 is 0 Å². The van der Waals surface area contributed by atoms with E-state index in [0.717, 1.165) is 49.4 Å². The van der Waals surface area contributed by atoms with Crippen molar-refractivity contribution in [2.75, 3.05) is 18.1 Å². The van der Waals surface area contributed by atoms with Crippen LogP contribution in [0.25, 0.3) is 11.5 Å². The molecular weight excluding hydrogens is 460 g/mol. The van der Waals surface area contributed by atoms with Crippen LogP contribution in [0.15, 0.2) is 69.1 Å². The molecule has 0 aliphatic heterocycles. The number of nitrogens with zero attached hydrogens (tertiary/aromatic N) is 3. The Morgan fingerprint density at radius 1 is 1.06 bits per heavy atom. The molecule has 0 bridgehead atoms. The molecule has 1 fully saturated rings. The minimum atomic E-state index is -3.56. The number of carbonyl (C=O) groups is 1. The van der Waals surface area contributed by atoms with E-state index in [9.17, 15) is 13.2 Å². The Morgan fingerprint density at radius 2 is 1.76 bits per heavy atom. The molecule has 1 amide bonds. The molecule has 4 rings (SSSR count). The number of amides is 1. The molecule has 8 nitrogen and oxygen atoms in total. The van der Waals surface area contributed by atoms with Gasteiger partial charge in [0.05, 0.1) is 10.6 Å². The summed E-state index contributed by atoms with van der Waals surface area (Å²) >= 11 is 1.14. The van der Waals surface area contributed by atoms with E-state index in [1.165, 1.54) is 16.4 Å². The summed E-state index contributed by atoms with van der Waals surface area (Å²) in [6.45, 7) is 0. The van der Waals surface area contributed by atoms with Gasteiger partial charge in [-0.3, -0.25) is 4.79 Å². The Bertz CT molecular complexity index is 1170. The molecule has 3 aromatic rings. The normalized spacial score (nSPS) is 15.0. The van der Waals surface area contributed by atoms with Crippen LogP contribution in [0.1, 0.15) is 32.1 Å². The molecular formula is C23H26N4O4S2. The van der Waals surface area contributed by atoms with E-state index in [1.807, 2.05) is 30.3 Å². The summed E-state index contributed by atoms with van der Waals surface area (Å²) in [4.78, 5) is 12.5. The van der Waals surface area contributed by atoms with Gasteiger partial charge in [-0.15, -0.1) is 10.2 Å². The minimum Gasteiger partial charge on any atom is -0.411 e. The van der Waals surface area contributed by atoms with Gasteiger partial charge in [0, 0.05) is 24.3 Å². The van der Waals surface area contributed by atoms with Crippen molar-refractivity contribution in [3.05, 3.63) is 54.6 Å². The number of hydrogen-bond donors (Lipinski definition) is 1. The summed E-state index contributed by atoms with van der Waals surface area (Å²) in [7, 11) is -1.91. The first-order valence-electron chi connectivity index (χ1n) is 10.8. The average molecular weight is 487 g/mol. The topological polar surface area (TPSA) is 105 Å². The highest BCUT2D eigenvalue weighted by Gasteiger charge is 2.29. The van der Waals surface area contributed by atoms with E-state index in [0.29, 0.717) is 16.8 Å². The molecule has 0 saturated heterocycles. The number of nitrogens with one attached hydrogen (secondary N) is 1. The Morgan fingerprint density at radius 3 is 2.45 bits per heavy atom. The molecule has 10 heteroatoms. The third-order valence-electron chi connectivity index (χ3n) is 5.66. The fourth-order valence-corrected chi connectivity index (χ4v) is 5.79. The number of thioether (sulfide) groups is 1. The van der Waals surface area contributed by atoms with E-state index in [-0.39, 0.29) is 22.6 Å². The van der Waals surface area contributed by atoms with Crippen molar-refractivity contribution in [3.8, 4) is 11.5 Å². The Labute approximate surface area is 197 Å². The zero-order valence-corrected chi connectivity index (χ0v) is 19.9. The molecule has 0 radical (unpaired) electrons. The van der Waals surface area contributed by atoms with Crippen LogP contribution in [0, 0.1) is 0 Å². The predicted octanol–water partition coefficient (Wildman–Crippen LogP) is 4.42. The van der Waals surface area contributed by atoms with Crippen molar-refractivity contribution in [2.24, 2.45) is 0 Å². The zero-order chi connectivity index (χ0) is 23.3. The van der Waals surface area contributed by atoms with Crippen LogP contribution in [0.3, 0.4) is 0 Å². The maximum atomic E-state index is 12.9. The Hall–Kier alpha value is -2.69. The standard InChI is InChI=1S/C23H26N4O4S2/c1-27(19-10-6-3-7-11-19)33(29,30)20-14-12-18(13-15-20)24-21(28)16-32-23-26-25-22(31-23)17-8-4-2-5-9-17/h2,4-5,8-9,12-15,19H,3,6-7,10-11,16H2,1H3,(H,24,28). The van der Waals surface area contributed by atoms with Gasteiger partial charge in [-0.05, 0) is 49.2 Å².